The topological polar surface area (TPSA) is 61.8 Å². The van der Waals surface area contributed by atoms with E-state index in [-0.39, 0.29) is 11.9 Å². The van der Waals surface area contributed by atoms with Crippen LogP contribution in [0, 0.1) is 0 Å². The first-order valence-corrected chi connectivity index (χ1v) is 7.98. The zero-order chi connectivity index (χ0) is 15.2. The maximum atomic E-state index is 12.3. The van der Waals surface area contributed by atoms with Crippen molar-refractivity contribution in [1.82, 2.24) is 10.2 Å². The molecule has 5 nitrogen and oxygen atoms in total. The van der Waals surface area contributed by atoms with Gasteiger partial charge in [-0.15, -0.1) is 0 Å². The van der Waals surface area contributed by atoms with Crippen molar-refractivity contribution in [3.63, 3.8) is 0 Å². The number of β-amino-alcohol motifs (C(OH)–C–C–N with tert-alkyl or cyclic N) is 1. The zero-order valence-corrected chi connectivity index (χ0v) is 13.7. The Labute approximate surface area is 133 Å². The van der Waals surface area contributed by atoms with Gasteiger partial charge in [0.1, 0.15) is 12.4 Å². The molecule has 2 N–H and O–H groups in total. The van der Waals surface area contributed by atoms with Gasteiger partial charge >= 0.3 is 0 Å². The molecule has 21 heavy (non-hydrogen) atoms. The minimum atomic E-state index is -0.420. The molecular formula is C15H21BrN2O3. The van der Waals surface area contributed by atoms with Crippen LogP contribution in [0.2, 0.25) is 0 Å². The molecule has 0 aromatic heterocycles. The average molecular weight is 357 g/mol. The van der Waals surface area contributed by atoms with Crippen LogP contribution in [0.3, 0.4) is 0 Å². The smallest absolute Gasteiger partial charge is 0.239 e. The molecule has 0 radical (unpaired) electrons. The quantitative estimate of drug-likeness (QED) is 0.808. The molecule has 2 atom stereocenters. The van der Waals surface area contributed by atoms with E-state index in [9.17, 15) is 9.90 Å². The van der Waals surface area contributed by atoms with E-state index in [0.29, 0.717) is 32.7 Å². The maximum absolute atomic E-state index is 12.3. The summed E-state index contributed by atoms with van der Waals surface area (Å²) in [6, 6.07) is 7.34. The number of ether oxygens (including phenoxy) is 1. The van der Waals surface area contributed by atoms with Crippen molar-refractivity contribution in [2.24, 2.45) is 0 Å². The summed E-state index contributed by atoms with van der Waals surface area (Å²) < 4.78 is 6.65. The first kappa shape index (κ1) is 16.3. The molecule has 0 bridgehead atoms. The van der Waals surface area contributed by atoms with E-state index in [2.05, 4.69) is 21.2 Å². The van der Waals surface area contributed by atoms with Gasteiger partial charge in [-0.3, -0.25) is 4.79 Å². The number of nitrogens with one attached hydrogen (secondary N) is 1. The van der Waals surface area contributed by atoms with Crippen LogP contribution < -0.4 is 10.1 Å². The Bertz CT molecular complexity index is 466. The Morgan fingerprint density at radius 3 is 2.76 bits per heavy atom. The van der Waals surface area contributed by atoms with Gasteiger partial charge in [-0.05, 0) is 37.6 Å². The fraction of sp³-hybridized carbons (Fsp3) is 0.533. The van der Waals surface area contributed by atoms with Crippen LogP contribution >= 0.6 is 15.9 Å². The summed E-state index contributed by atoms with van der Waals surface area (Å²) in [5.41, 5.74) is 0. The van der Waals surface area contributed by atoms with E-state index in [1.54, 1.807) is 4.90 Å². The Kier molecular flexibility index (Phi) is 6.02. The summed E-state index contributed by atoms with van der Waals surface area (Å²) in [4.78, 5) is 14.1. The largest absolute Gasteiger partial charge is 0.492 e. The van der Waals surface area contributed by atoms with Gasteiger partial charge in [0.25, 0.3) is 0 Å². The van der Waals surface area contributed by atoms with Crippen LogP contribution in [-0.2, 0) is 4.79 Å². The minimum absolute atomic E-state index is 0.0356. The standard InChI is InChI=1S/C15H21BrN2O3/c1-2-18(15(20)14-9-12(19)10-17-14)7-8-21-13-5-3-11(16)4-6-13/h3-6,12,14,17,19H,2,7-10H2,1H3. The Balaban J connectivity index is 1.79. The molecule has 0 aliphatic carbocycles. The molecule has 1 aromatic carbocycles. The lowest BCUT2D eigenvalue weighted by atomic mass is 10.2. The van der Waals surface area contributed by atoms with Gasteiger partial charge in [-0.1, -0.05) is 15.9 Å². The maximum Gasteiger partial charge on any atom is 0.239 e. The normalized spacial score (nSPS) is 21.3. The highest BCUT2D eigenvalue weighted by molar-refractivity contribution is 9.10. The predicted molar refractivity (Wildman–Crippen MR) is 84.3 cm³/mol. The number of nitrogens with zero attached hydrogens (tertiary/aromatic N) is 1. The average Bonchev–Trinajstić information content (AvgIpc) is 2.91. The lowest BCUT2D eigenvalue weighted by molar-refractivity contribution is -0.133. The zero-order valence-electron chi connectivity index (χ0n) is 12.1. The van der Waals surface area contributed by atoms with Crippen molar-refractivity contribution in [2.75, 3.05) is 26.2 Å². The van der Waals surface area contributed by atoms with Gasteiger partial charge in [0.2, 0.25) is 5.91 Å². The number of hydrogen-bond acceptors (Lipinski definition) is 4. The summed E-state index contributed by atoms with van der Waals surface area (Å²) in [6.45, 7) is 4.07. The molecule has 1 saturated heterocycles. The summed E-state index contributed by atoms with van der Waals surface area (Å²) in [7, 11) is 0. The summed E-state index contributed by atoms with van der Waals surface area (Å²) in [6.07, 6.45) is 0.0692. The van der Waals surface area contributed by atoms with Crippen molar-refractivity contribution >= 4 is 21.8 Å². The number of halogens is 1. The lowest BCUT2D eigenvalue weighted by Gasteiger charge is -2.24. The van der Waals surface area contributed by atoms with Crippen LogP contribution in [-0.4, -0.2) is 54.3 Å². The molecule has 6 heteroatoms. The number of amides is 1. The molecule has 1 heterocycles. The van der Waals surface area contributed by atoms with Crippen LogP contribution in [0.1, 0.15) is 13.3 Å². The molecule has 0 saturated carbocycles. The van der Waals surface area contributed by atoms with E-state index >= 15 is 0 Å². The molecule has 2 rings (SSSR count). The molecule has 1 aromatic rings. The van der Waals surface area contributed by atoms with Gasteiger partial charge in [0.15, 0.2) is 0 Å². The minimum Gasteiger partial charge on any atom is -0.492 e. The summed E-state index contributed by atoms with van der Waals surface area (Å²) in [5.74, 6) is 0.824. The van der Waals surface area contributed by atoms with Crippen molar-refractivity contribution in [1.29, 1.82) is 0 Å². The van der Waals surface area contributed by atoms with Crippen molar-refractivity contribution in [3.05, 3.63) is 28.7 Å². The van der Waals surface area contributed by atoms with E-state index in [1.807, 2.05) is 31.2 Å². The van der Waals surface area contributed by atoms with Gasteiger partial charge < -0.3 is 20.1 Å². The number of aliphatic hydroxyl groups excluding tert-OH is 1. The van der Waals surface area contributed by atoms with Crippen molar-refractivity contribution in [2.45, 2.75) is 25.5 Å². The molecule has 1 amide bonds. The Morgan fingerprint density at radius 1 is 1.48 bits per heavy atom. The van der Waals surface area contributed by atoms with Gasteiger partial charge in [0, 0.05) is 17.6 Å². The van der Waals surface area contributed by atoms with E-state index in [4.69, 9.17) is 4.74 Å². The predicted octanol–water partition coefficient (Wildman–Crippen LogP) is 1.40. The Morgan fingerprint density at radius 2 is 2.19 bits per heavy atom. The van der Waals surface area contributed by atoms with Gasteiger partial charge in [-0.25, -0.2) is 0 Å². The molecule has 0 spiro atoms. The Hall–Kier alpha value is -1.11. The number of hydrogen-bond donors (Lipinski definition) is 2. The third-order valence-corrected chi connectivity index (χ3v) is 4.07. The van der Waals surface area contributed by atoms with Gasteiger partial charge in [0.05, 0.1) is 18.7 Å². The van der Waals surface area contributed by atoms with Crippen LogP contribution in [0.5, 0.6) is 5.75 Å². The van der Waals surface area contributed by atoms with E-state index in [1.165, 1.54) is 0 Å². The number of carbonyl (C=O) groups excluding carboxylic acids is 1. The number of rotatable bonds is 6. The van der Waals surface area contributed by atoms with E-state index in [0.717, 1.165) is 10.2 Å². The first-order chi connectivity index (χ1) is 10.1. The van der Waals surface area contributed by atoms with Crippen LogP contribution in [0.4, 0.5) is 0 Å². The highest BCUT2D eigenvalue weighted by Gasteiger charge is 2.30. The monoisotopic (exact) mass is 356 g/mol. The molecule has 1 aliphatic rings. The van der Waals surface area contributed by atoms with Crippen LogP contribution in [0.15, 0.2) is 28.7 Å². The first-order valence-electron chi connectivity index (χ1n) is 7.18. The third kappa shape index (κ3) is 4.69. The highest BCUT2D eigenvalue weighted by atomic mass is 79.9. The van der Waals surface area contributed by atoms with Crippen molar-refractivity contribution < 1.29 is 14.6 Å². The number of carbonyl (C=O) groups is 1. The third-order valence-electron chi connectivity index (χ3n) is 3.54. The molecule has 116 valence electrons. The molecule has 1 fully saturated rings. The number of aliphatic hydroxyl groups is 1. The molecular weight excluding hydrogens is 336 g/mol. The summed E-state index contributed by atoms with van der Waals surface area (Å²) >= 11 is 3.37. The number of likely N-dealkylation sites (N-methyl/N-ethyl adjacent to an activating group) is 1. The van der Waals surface area contributed by atoms with Crippen molar-refractivity contribution in [3.8, 4) is 5.75 Å². The van der Waals surface area contributed by atoms with Gasteiger partial charge in [-0.2, -0.15) is 0 Å². The second-order valence-electron chi connectivity index (χ2n) is 5.07. The second kappa shape index (κ2) is 7.77. The lowest BCUT2D eigenvalue weighted by Crippen LogP contribution is -2.45. The molecule has 1 aliphatic heterocycles. The highest BCUT2D eigenvalue weighted by Crippen LogP contribution is 2.16. The van der Waals surface area contributed by atoms with Crippen LogP contribution in [0.25, 0.3) is 0 Å². The second-order valence-corrected chi connectivity index (χ2v) is 5.99. The summed E-state index contributed by atoms with van der Waals surface area (Å²) in [5, 5.41) is 12.5. The molecule has 2 unspecified atom stereocenters. The fourth-order valence-electron chi connectivity index (χ4n) is 2.35. The SMILES string of the molecule is CCN(CCOc1ccc(Br)cc1)C(=O)C1CC(O)CN1. The number of benzene rings is 1. The fourth-order valence-corrected chi connectivity index (χ4v) is 2.62. The van der Waals surface area contributed by atoms with E-state index < -0.39 is 6.10 Å².